The van der Waals surface area contributed by atoms with Crippen LogP contribution in [0.5, 0.6) is 0 Å². The molecule has 0 aliphatic rings. The van der Waals surface area contributed by atoms with Gasteiger partial charge in [-0.2, -0.15) is 0 Å². The number of hydrogen-bond acceptors (Lipinski definition) is 0. The lowest BCUT2D eigenvalue weighted by atomic mass is 10.2. The Balaban J connectivity index is 2.90. The van der Waals surface area contributed by atoms with Gasteiger partial charge in [-0.3, -0.25) is 0 Å². The number of rotatable bonds is 0. The summed E-state index contributed by atoms with van der Waals surface area (Å²) in [5.74, 6) is 0. The fraction of sp³-hybridized carbons (Fsp3) is 0.111. The maximum absolute atomic E-state index is 3.50. The zero-order valence-electron chi connectivity index (χ0n) is 6.21. The molecule has 0 saturated heterocycles. The first-order chi connectivity index (χ1) is 5.27. The van der Waals surface area contributed by atoms with E-state index >= 15 is 0 Å². The summed E-state index contributed by atoms with van der Waals surface area (Å²) >= 11 is 3.50. The van der Waals surface area contributed by atoms with Crippen molar-refractivity contribution in [1.82, 2.24) is 4.57 Å². The number of benzene rings is 1. The van der Waals surface area contributed by atoms with E-state index in [0.29, 0.717) is 0 Å². The molecule has 1 heterocycles. The molecule has 0 N–H and O–H groups in total. The normalized spacial score (nSPS) is 10.7. The Kier molecular flexibility index (Phi) is 1.50. The number of nitrogens with zero attached hydrogens (tertiary/aromatic N) is 1. The molecule has 0 aliphatic heterocycles. The highest BCUT2D eigenvalue weighted by molar-refractivity contribution is 9.10. The summed E-state index contributed by atoms with van der Waals surface area (Å²) < 4.78 is 3.23. The predicted molar refractivity (Wildman–Crippen MR) is 50.6 cm³/mol. The topological polar surface area (TPSA) is 4.93 Å². The van der Waals surface area contributed by atoms with Gasteiger partial charge in [0.2, 0.25) is 0 Å². The predicted octanol–water partition coefficient (Wildman–Crippen LogP) is 2.94. The molecule has 0 atom stereocenters. The van der Waals surface area contributed by atoms with Gasteiger partial charge in [-0.15, -0.1) is 0 Å². The number of halogens is 1. The summed E-state index contributed by atoms with van der Waals surface area (Å²) in [7, 11) is 2.03. The summed E-state index contributed by atoms with van der Waals surface area (Å²) in [6.07, 6.45) is 4.22. The van der Waals surface area contributed by atoms with Crippen LogP contribution in [0.1, 0.15) is 0 Å². The van der Waals surface area contributed by atoms with Crippen LogP contribution >= 0.6 is 15.9 Å². The third-order valence-electron chi connectivity index (χ3n) is 1.76. The first-order valence-electron chi connectivity index (χ1n) is 3.47. The average molecular weight is 210 g/mol. The molecule has 2 heteroatoms. The van der Waals surface area contributed by atoms with Gasteiger partial charge in [-0.05, 0) is 6.07 Å². The van der Waals surface area contributed by atoms with E-state index in [1.807, 2.05) is 13.1 Å². The smallest absolute Gasteiger partial charge is 0.0268 e. The van der Waals surface area contributed by atoms with Crippen LogP contribution in [0.2, 0.25) is 0 Å². The second kappa shape index (κ2) is 2.38. The minimum atomic E-state index is 1.16. The molecular formula is C9H8BrN. The highest BCUT2D eigenvalue weighted by Crippen LogP contribution is 2.23. The van der Waals surface area contributed by atoms with Crippen LogP contribution in [0.4, 0.5) is 0 Å². The molecule has 0 aliphatic carbocycles. The SMILES string of the molecule is Cn1cc2cccc(Br)c2c1. The summed E-state index contributed by atoms with van der Waals surface area (Å²) in [6.45, 7) is 0. The number of fused-ring (bicyclic) bond motifs is 1. The highest BCUT2D eigenvalue weighted by atomic mass is 79.9. The van der Waals surface area contributed by atoms with E-state index < -0.39 is 0 Å². The van der Waals surface area contributed by atoms with Crippen LogP contribution in [0.25, 0.3) is 10.8 Å². The molecule has 0 fully saturated rings. The van der Waals surface area contributed by atoms with Crippen LogP contribution in [0, 0.1) is 0 Å². The van der Waals surface area contributed by atoms with E-state index in [4.69, 9.17) is 0 Å². The first kappa shape index (κ1) is 6.92. The van der Waals surface area contributed by atoms with E-state index in [-0.39, 0.29) is 0 Å². The Morgan fingerprint density at radius 2 is 2.09 bits per heavy atom. The van der Waals surface area contributed by atoms with E-state index in [2.05, 4.69) is 45.0 Å². The van der Waals surface area contributed by atoms with E-state index in [0.717, 1.165) is 4.47 Å². The van der Waals surface area contributed by atoms with Crippen molar-refractivity contribution < 1.29 is 0 Å². The Labute approximate surface area is 73.8 Å². The van der Waals surface area contributed by atoms with Gasteiger partial charge in [-0.1, -0.05) is 28.1 Å². The average Bonchev–Trinajstić information content (AvgIpc) is 2.31. The molecule has 0 unspecified atom stereocenters. The molecule has 2 rings (SSSR count). The number of aromatic nitrogens is 1. The van der Waals surface area contributed by atoms with Crippen molar-refractivity contribution in [2.45, 2.75) is 0 Å². The molecule has 1 aromatic heterocycles. The van der Waals surface area contributed by atoms with Gasteiger partial charge < -0.3 is 4.57 Å². The van der Waals surface area contributed by atoms with Gasteiger partial charge >= 0.3 is 0 Å². The highest BCUT2D eigenvalue weighted by Gasteiger charge is 1.98. The zero-order chi connectivity index (χ0) is 7.84. The molecule has 56 valence electrons. The van der Waals surface area contributed by atoms with E-state index in [1.54, 1.807) is 0 Å². The molecule has 0 radical (unpaired) electrons. The van der Waals surface area contributed by atoms with Crippen molar-refractivity contribution in [2.75, 3.05) is 0 Å². The maximum Gasteiger partial charge on any atom is 0.0268 e. The zero-order valence-corrected chi connectivity index (χ0v) is 7.80. The third kappa shape index (κ3) is 1.07. The molecule has 11 heavy (non-hydrogen) atoms. The summed E-state index contributed by atoms with van der Waals surface area (Å²) in [5, 5.41) is 2.55. The molecule has 2 aromatic rings. The van der Waals surface area contributed by atoms with Gasteiger partial charge in [0.25, 0.3) is 0 Å². The third-order valence-corrected chi connectivity index (χ3v) is 2.45. The van der Waals surface area contributed by atoms with Crippen LogP contribution in [-0.4, -0.2) is 4.57 Å². The van der Waals surface area contributed by atoms with Gasteiger partial charge in [-0.25, -0.2) is 0 Å². The maximum atomic E-state index is 3.50. The lowest BCUT2D eigenvalue weighted by Crippen LogP contribution is -1.76. The molecule has 1 nitrogen and oxygen atoms in total. The molecule has 0 spiro atoms. The summed E-state index contributed by atoms with van der Waals surface area (Å²) in [6, 6.07) is 6.22. The largest absolute Gasteiger partial charge is 0.356 e. The van der Waals surface area contributed by atoms with Crippen LogP contribution in [0.15, 0.2) is 35.1 Å². The molecule has 0 bridgehead atoms. The van der Waals surface area contributed by atoms with Crippen molar-refractivity contribution in [1.29, 1.82) is 0 Å². The summed E-state index contributed by atoms with van der Waals surface area (Å²) in [5.41, 5.74) is 0. The van der Waals surface area contributed by atoms with Gasteiger partial charge in [0.1, 0.15) is 0 Å². The monoisotopic (exact) mass is 209 g/mol. The minimum Gasteiger partial charge on any atom is -0.356 e. The minimum absolute atomic E-state index is 1.16. The van der Waals surface area contributed by atoms with Crippen molar-refractivity contribution in [2.24, 2.45) is 7.05 Å². The summed E-state index contributed by atoms with van der Waals surface area (Å²) in [4.78, 5) is 0. The molecule has 0 saturated carbocycles. The van der Waals surface area contributed by atoms with Crippen molar-refractivity contribution in [3.05, 3.63) is 35.1 Å². The van der Waals surface area contributed by atoms with Gasteiger partial charge in [0.15, 0.2) is 0 Å². The standard InChI is InChI=1S/C9H8BrN/c1-11-5-7-3-2-4-9(10)8(7)6-11/h2-6H,1H3. The Morgan fingerprint density at radius 1 is 1.27 bits per heavy atom. The lowest BCUT2D eigenvalue weighted by molar-refractivity contribution is 0.933. The molecule has 1 aromatic carbocycles. The lowest BCUT2D eigenvalue weighted by Gasteiger charge is -1.89. The van der Waals surface area contributed by atoms with Crippen LogP contribution < -0.4 is 0 Å². The number of hydrogen-bond donors (Lipinski definition) is 0. The molecule has 0 amide bonds. The Hall–Kier alpha value is -0.760. The second-order valence-corrected chi connectivity index (χ2v) is 3.52. The van der Waals surface area contributed by atoms with E-state index in [1.165, 1.54) is 10.8 Å². The van der Waals surface area contributed by atoms with Crippen molar-refractivity contribution in [3.63, 3.8) is 0 Å². The van der Waals surface area contributed by atoms with Gasteiger partial charge in [0, 0.05) is 34.7 Å². The fourth-order valence-corrected chi connectivity index (χ4v) is 1.75. The fourth-order valence-electron chi connectivity index (χ4n) is 1.26. The first-order valence-corrected chi connectivity index (χ1v) is 4.27. The van der Waals surface area contributed by atoms with Crippen LogP contribution in [-0.2, 0) is 7.05 Å². The Morgan fingerprint density at radius 3 is 2.82 bits per heavy atom. The van der Waals surface area contributed by atoms with Crippen molar-refractivity contribution >= 4 is 26.7 Å². The van der Waals surface area contributed by atoms with E-state index in [9.17, 15) is 0 Å². The van der Waals surface area contributed by atoms with Crippen LogP contribution in [0.3, 0.4) is 0 Å². The quantitative estimate of drug-likeness (QED) is 0.629. The molecular weight excluding hydrogens is 202 g/mol. The second-order valence-electron chi connectivity index (χ2n) is 2.67. The Bertz CT molecular complexity index is 389. The van der Waals surface area contributed by atoms with Gasteiger partial charge in [0.05, 0.1) is 0 Å². The van der Waals surface area contributed by atoms with Crippen molar-refractivity contribution in [3.8, 4) is 0 Å². The number of aryl methyl sites for hydroxylation is 1.